The number of nitrogens with two attached hydrogens (primary N) is 1. The first kappa shape index (κ1) is 30.2. The molecule has 2 atom stereocenters. The molecule has 0 spiro atoms. The fourth-order valence-corrected chi connectivity index (χ4v) is 4.57. The first-order valence-corrected chi connectivity index (χ1v) is 14.1. The van der Waals surface area contributed by atoms with E-state index in [2.05, 4.69) is 16.0 Å². The summed E-state index contributed by atoms with van der Waals surface area (Å²) in [4.78, 5) is 36.9. The highest BCUT2D eigenvalue weighted by molar-refractivity contribution is 5.91. The van der Waals surface area contributed by atoms with Gasteiger partial charge >= 0.3 is 0 Å². The van der Waals surface area contributed by atoms with Crippen LogP contribution in [-0.4, -0.2) is 42.9 Å². The Hall–Kier alpha value is -3.39. The summed E-state index contributed by atoms with van der Waals surface area (Å²) in [5.74, 6) is -0.827. The van der Waals surface area contributed by atoms with Crippen molar-refractivity contribution >= 4 is 17.7 Å². The minimum atomic E-state index is -0.750. The van der Waals surface area contributed by atoms with Crippen LogP contribution in [0.15, 0.2) is 54.6 Å². The minimum Gasteiger partial charge on any atom is -0.489 e. The highest BCUT2D eigenvalue weighted by Gasteiger charge is 2.22. The first-order chi connectivity index (χ1) is 18.9. The molecule has 3 rings (SSSR count). The van der Waals surface area contributed by atoms with Crippen LogP contribution in [-0.2, 0) is 27.4 Å². The van der Waals surface area contributed by atoms with E-state index in [1.54, 1.807) is 6.92 Å². The predicted octanol–water partition coefficient (Wildman–Crippen LogP) is 3.44. The normalized spacial score (nSPS) is 15.2. The van der Waals surface area contributed by atoms with Crippen molar-refractivity contribution in [3.05, 3.63) is 72.1 Å². The largest absolute Gasteiger partial charge is 0.489 e. The van der Waals surface area contributed by atoms with Gasteiger partial charge in [-0.15, -0.1) is 0 Å². The second-order valence-corrected chi connectivity index (χ2v) is 10.4. The average Bonchev–Trinajstić information content (AvgIpc) is 2.96. The highest BCUT2D eigenvalue weighted by atomic mass is 16.5. The molecule has 211 valence electrons. The van der Waals surface area contributed by atoms with Gasteiger partial charge in [-0.05, 0) is 55.5 Å². The molecule has 2 aromatic carbocycles. The monoisotopic (exact) mass is 535 g/mol. The number of primary amides is 1. The minimum absolute atomic E-state index is 0.218. The third-order valence-electron chi connectivity index (χ3n) is 7.08. The molecule has 39 heavy (non-hydrogen) atoms. The summed E-state index contributed by atoms with van der Waals surface area (Å²) in [6, 6.07) is 17.3. The lowest BCUT2D eigenvalue weighted by Gasteiger charge is -2.23. The number of amides is 3. The predicted molar refractivity (Wildman–Crippen MR) is 153 cm³/mol. The molecular weight excluding hydrogens is 492 g/mol. The van der Waals surface area contributed by atoms with Gasteiger partial charge in [-0.2, -0.15) is 0 Å². The van der Waals surface area contributed by atoms with Crippen LogP contribution in [0, 0.1) is 12.3 Å². The summed E-state index contributed by atoms with van der Waals surface area (Å²) in [7, 11) is 0. The smallest absolute Gasteiger partial charge is 0.242 e. The van der Waals surface area contributed by atoms with Gasteiger partial charge < -0.3 is 26.4 Å². The third-order valence-corrected chi connectivity index (χ3v) is 7.08. The van der Waals surface area contributed by atoms with Gasteiger partial charge in [0, 0.05) is 24.9 Å². The summed E-state index contributed by atoms with van der Waals surface area (Å²) in [5, 5.41) is 9.36. The molecule has 1 radical (unpaired) electrons. The lowest BCUT2D eigenvalue weighted by Crippen LogP contribution is -2.48. The van der Waals surface area contributed by atoms with Crippen LogP contribution in [0.2, 0.25) is 0 Å². The number of hydrogen-bond acceptors (Lipinski definition) is 5. The lowest BCUT2D eigenvalue weighted by molar-refractivity contribution is -0.127. The van der Waals surface area contributed by atoms with E-state index in [1.165, 1.54) is 38.5 Å². The maximum Gasteiger partial charge on any atom is 0.242 e. The number of rotatable bonds is 16. The SMILES string of the molecule is CC(C[CH]C(=O)NC(Cc1ccc(OCc2ccccc2)cc1)C(=O)NCCCNC1CCCCC1)C(N)=O. The maximum atomic E-state index is 13.1. The second kappa shape index (κ2) is 16.5. The second-order valence-electron chi connectivity index (χ2n) is 10.4. The van der Waals surface area contributed by atoms with E-state index < -0.39 is 23.8 Å². The Balaban J connectivity index is 1.51. The van der Waals surface area contributed by atoms with Crippen molar-refractivity contribution in [3.8, 4) is 5.75 Å². The summed E-state index contributed by atoms with van der Waals surface area (Å²) in [6.45, 7) is 3.51. The maximum absolute atomic E-state index is 13.1. The number of carbonyl (C=O) groups excluding carboxylic acids is 3. The molecule has 0 aromatic heterocycles. The van der Waals surface area contributed by atoms with Crippen molar-refractivity contribution in [2.75, 3.05) is 13.1 Å². The average molecular weight is 536 g/mol. The van der Waals surface area contributed by atoms with Gasteiger partial charge in [0.1, 0.15) is 18.4 Å². The zero-order chi connectivity index (χ0) is 27.9. The third kappa shape index (κ3) is 11.5. The van der Waals surface area contributed by atoms with E-state index in [0.29, 0.717) is 25.6 Å². The summed E-state index contributed by atoms with van der Waals surface area (Å²) < 4.78 is 5.86. The molecule has 5 N–H and O–H groups in total. The van der Waals surface area contributed by atoms with Gasteiger partial charge in [0.15, 0.2) is 0 Å². The van der Waals surface area contributed by atoms with Crippen molar-refractivity contribution in [1.29, 1.82) is 0 Å². The Morgan fingerprint density at radius 1 is 0.974 bits per heavy atom. The quantitative estimate of drug-likeness (QED) is 0.245. The molecule has 8 heteroatoms. The van der Waals surface area contributed by atoms with Gasteiger partial charge in [-0.1, -0.05) is 68.7 Å². The molecule has 0 saturated heterocycles. The Bertz CT molecular complexity index is 1020. The Morgan fingerprint density at radius 3 is 2.38 bits per heavy atom. The van der Waals surface area contributed by atoms with Gasteiger partial charge in [-0.25, -0.2) is 0 Å². The van der Waals surface area contributed by atoms with Gasteiger partial charge in [-0.3, -0.25) is 14.4 Å². The Labute approximate surface area is 232 Å². The summed E-state index contributed by atoms with van der Waals surface area (Å²) >= 11 is 0. The van der Waals surface area contributed by atoms with Crippen molar-refractivity contribution in [3.63, 3.8) is 0 Å². The molecule has 8 nitrogen and oxygen atoms in total. The molecule has 1 aliphatic rings. The van der Waals surface area contributed by atoms with Crippen LogP contribution in [0.5, 0.6) is 5.75 Å². The van der Waals surface area contributed by atoms with Crippen LogP contribution in [0.25, 0.3) is 0 Å². The van der Waals surface area contributed by atoms with E-state index in [-0.39, 0.29) is 12.3 Å². The molecule has 0 aliphatic heterocycles. The summed E-state index contributed by atoms with van der Waals surface area (Å²) in [6.07, 6.45) is 9.08. The number of ether oxygens (including phenoxy) is 1. The van der Waals surface area contributed by atoms with E-state index in [1.807, 2.05) is 54.6 Å². The van der Waals surface area contributed by atoms with Gasteiger partial charge in [0.25, 0.3) is 0 Å². The molecule has 0 heterocycles. The van der Waals surface area contributed by atoms with Crippen LogP contribution in [0.1, 0.15) is 63.0 Å². The number of hydrogen-bond donors (Lipinski definition) is 4. The van der Waals surface area contributed by atoms with Crippen LogP contribution in [0.3, 0.4) is 0 Å². The number of carbonyl (C=O) groups is 3. The van der Waals surface area contributed by atoms with Crippen LogP contribution >= 0.6 is 0 Å². The van der Waals surface area contributed by atoms with Crippen molar-refractivity contribution < 1.29 is 19.1 Å². The molecule has 1 aliphatic carbocycles. The fraction of sp³-hybridized carbons (Fsp3) is 0.484. The molecular formula is C31H43N4O4. The number of nitrogens with one attached hydrogen (secondary N) is 3. The molecule has 3 amide bonds. The van der Waals surface area contributed by atoms with E-state index in [0.717, 1.165) is 29.8 Å². The van der Waals surface area contributed by atoms with Crippen molar-refractivity contribution in [2.45, 2.75) is 77.0 Å². The summed E-state index contributed by atoms with van der Waals surface area (Å²) in [5.41, 5.74) is 7.27. The lowest BCUT2D eigenvalue weighted by atomic mass is 9.95. The van der Waals surface area contributed by atoms with Crippen molar-refractivity contribution in [1.82, 2.24) is 16.0 Å². The zero-order valence-corrected chi connectivity index (χ0v) is 23.0. The van der Waals surface area contributed by atoms with E-state index in [4.69, 9.17) is 10.5 Å². The van der Waals surface area contributed by atoms with Gasteiger partial charge in [0.2, 0.25) is 17.7 Å². The van der Waals surface area contributed by atoms with Crippen LogP contribution < -0.4 is 26.4 Å². The molecule has 1 saturated carbocycles. The first-order valence-electron chi connectivity index (χ1n) is 14.1. The van der Waals surface area contributed by atoms with Crippen molar-refractivity contribution in [2.24, 2.45) is 11.7 Å². The zero-order valence-electron chi connectivity index (χ0n) is 23.0. The Morgan fingerprint density at radius 2 is 1.69 bits per heavy atom. The molecule has 2 aromatic rings. The van der Waals surface area contributed by atoms with E-state index >= 15 is 0 Å². The Kier molecular flexibility index (Phi) is 12.8. The highest BCUT2D eigenvalue weighted by Crippen LogP contribution is 2.17. The fourth-order valence-electron chi connectivity index (χ4n) is 4.57. The van der Waals surface area contributed by atoms with E-state index in [9.17, 15) is 14.4 Å². The topological polar surface area (TPSA) is 123 Å². The van der Waals surface area contributed by atoms with Gasteiger partial charge in [0.05, 0.1) is 6.42 Å². The molecule has 1 fully saturated rings. The number of benzene rings is 2. The standard InChI is InChI=1S/C31H43N4O4/c1-23(30(32)37)13-18-29(36)35-28(31(38)34-20-8-19-33-26-11-6-3-7-12-26)21-24-14-16-27(17-15-24)39-22-25-9-4-2-5-10-25/h2,4-5,9-10,14-18,23,26,28,33H,3,6-8,11-13,19-22H2,1H3,(H2,32,37)(H,34,38)(H,35,36). The molecule has 0 bridgehead atoms. The van der Waals surface area contributed by atoms with Crippen LogP contribution in [0.4, 0.5) is 0 Å². The molecule has 2 unspecified atom stereocenters.